The molecular weight excluding hydrogens is 381 g/mol. The fourth-order valence-electron chi connectivity index (χ4n) is 3.37. The van der Waals surface area contributed by atoms with Crippen molar-refractivity contribution in [3.8, 4) is 12.1 Å². The number of halogens is 5. The fourth-order valence-corrected chi connectivity index (χ4v) is 3.37. The van der Waals surface area contributed by atoms with Crippen LogP contribution in [0.3, 0.4) is 0 Å². The molecule has 0 amide bonds. The average molecular weight is 393 g/mol. The Labute approximate surface area is 157 Å². The van der Waals surface area contributed by atoms with Crippen molar-refractivity contribution in [1.29, 1.82) is 10.5 Å². The highest BCUT2D eigenvalue weighted by atomic mass is 19.4. The molecule has 0 saturated carbocycles. The highest BCUT2D eigenvalue weighted by Gasteiger charge is 2.37. The monoisotopic (exact) mass is 393 g/mol. The van der Waals surface area contributed by atoms with Crippen LogP contribution in [0.15, 0.2) is 24.3 Å². The van der Waals surface area contributed by atoms with Gasteiger partial charge in [0.05, 0.1) is 28.6 Å². The van der Waals surface area contributed by atoms with Crippen molar-refractivity contribution in [3.05, 3.63) is 58.2 Å². The van der Waals surface area contributed by atoms with Crippen LogP contribution in [0, 0.1) is 34.3 Å². The Bertz CT molecular complexity index is 1020. The summed E-state index contributed by atoms with van der Waals surface area (Å²) in [5.74, 6) is -2.37. The molecule has 0 fully saturated rings. The van der Waals surface area contributed by atoms with Crippen LogP contribution in [0.2, 0.25) is 0 Å². The van der Waals surface area contributed by atoms with E-state index in [0.717, 1.165) is 18.2 Å². The maximum Gasteiger partial charge on any atom is 0.419 e. The summed E-state index contributed by atoms with van der Waals surface area (Å²) in [4.78, 5) is 1.35. The Hall–Kier alpha value is -3.17. The lowest BCUT2D eigenvalue weighted by Gasteiger charge is -2.36. The van der Waals surface area contributed by atoms with Crippen LogP contribution >= 0.6 is 0 Å². The Morgan fingerprint density at radius 1 is 1.14 bits per heavy atom. The van der Waals surface area contributed by atoms with Crippen LogP contribution in [-0.2, 0) is 10.9 Å². The number of hydrogen-bond donors (Lipinski definition) is 0. The number of alkyl halides is 3. The van der Waals surface area contributed by atoms with Crippen molar-refractivity contribution in [1.82, 2.24) is 0 Å². The molecule has 9 heteroatoms. The summed E-state index contributed by atoms with van der Waals surface area (Å²) in [7, 11) is 1.40. The van der Waals surface area contributed by atoms with Gasteiger partial charge in [0.15, 0.2) is 5.82 Å². The first-order chi connectivity index (χ1) is 13.2. The van der Waals surface area contributed by atoms with Crippen molar-refractivity contribution in [3.63, 3.8) is 0 Å². The van der Waals surface area contributed by atoms with E-state index < -0.39 is 35.0 Å². The zero-order valence-corrected chi connectivity index (χ0v) is 14.4. The van der Waals surface area contributed by atoms with E-state index in [2.05, 4.69) is 0 Å². The van der Waals surface area contributed by atoms with Crippen molar-refractivity contribution < 1.29 is 26.7 Å². The number of fused-ring (bicyclic) bond motifs is 1. The molecule has 0 spiro atoms. The second-order valence-corrected chi connectivity index (χ2v) is 6.10. The molecule has 1 heterocycles. The topological polar surface area (TPSA) is 60.0 Å². The van der Waals surface area contributed by atoms with Crippen molar-refractivity contribution in [2.45, 2.75) is 18.7 Å². The summed E-state index contributed by atoms with van der Waals surface area (Å²) in [6.07, 6.45) is -5.22. The molecule has 28 heavy (non-hydrogen) atoms. The van der Waals surface area contributed by atoms with Crippen LogP contribution in [-0.4, -0.2) is 13.7 Å². The van der Waals surface area contributed by atoms with Gasteiger partial charge in [0, 0.05) is 19.2 Å². The molecule has 1 aliphatic rings. The maximum absolute atomic E-state index is 14.4. The second kappa shape index (κ2) is 7.10. The van der Waals surface area contributed by atoms with Gasteiger partial charge in [-0.2, -0.15) is 23.7 Å². The normalized spacial score (nSPS) is 16.3. The summed E-state index contributed by atoms with van der Waals surface area (Å²) in [6.45, 7) is 0.130. The average Bonchev–Trinajstić information content (AvgIpc) is 2.65. The molecule has 2 aromatic rings. The SMILES string of the molecule is COC1CCN(c2ccc(C(F)(F)F)c(F)c2C#N)c2c(C#N)cc(F)cc21. The summed E-state index contributed by atoms with van der Waals surface area (Å²) in [5.41, 5.74) is -2.11. The standard InChI is InChI=1S/C19H12F5N3O/c1-28-16-4-5-27(18-10(8-25)6-11(20)7-12(16)18)15-3-2-14(19(22,23)24)17(21)13(15)9-26/h2-3,6-7,16H,4-5H2,1H3. The van der Waals surface area contributed by atoms with Gasteiger partial charge in [0.1, 0.15) is 23.5 Å². The van der Waals surface area contributed by atoms with Gasteiger partial charge >= 0.3 is 6.18 Å². The summed E-state index contributed by atoms with van der Waals surface area (Å²) in [6, 6.07) is 6.96. The molecule has 0 saturated heterocycles. The van der Waals surface area contributed by atoms with E-state index in [1.165, 1.54) is 18.1 Å². The summed E-state index contributed by atoms with van der Waals surface area (Å²) in [5, 5.41) is 18.7. The number of methoxy groups -OCH3 is 1. The molecule has 0 aromatic heterocycles. The minimum absolute atomic E-state index is 0.0963. The zero-order valence-electron chi connectivity index (χ0n) is 14.4. The van der Waals surface area contributed by atoms with Crippen molar-refractivity contribution in [2.75, 3.05) is 18.6 Å². The van der Waals surface area contributed by atoms with Crippen LogP contribution in [0.1, 0.15) is 34.8 Å². The smallest absolute Gasteiger partial charge is 0.377 e. The van der Waals surface area contributed by atoms with Crippen LogP contribution in [0.25, 0.3) is 0 Å². The predicted octanol–water partition coefficient (Wildman–Crippen LogP) is 4.96. The quantitative estimate of drug-likeness (QED) is 0.677. The number of anilines is 2. The maximum atomic E-state index is 14.4. The zero-order chi connectivity index (χ0) is 20.6. The van der Waals surface area contributed by atoms with Gasteiger partial charge in [0.2, 0.25) is 0 Å². The lowest BCUT2D eigenvalue weighted by Crippen LogP contribution is -2.30. The Morgan fingerprint density at radius 3 is 2.43 bits per heavy atom. The van der Waals surface area contributed by atoms with Gasteiger partial charge in [-0.1, -0.05) is 0 Å². The lowest BCUT2D eigenvalue weighted by molar-refractivity contribution is -0.140. The first-order valence-electron chi connectivity index (χ1n) is 8.06. The third-order valence-corrected chi connectivity index (χ3v) is 4.57. The van der Waals surface area contributed by atoms with Gasteiger partial charge in [-0.3, -0.25) is 0 Å². The van der Waals surface area contributed by atoms with E-state index in [1.807, 2.05) is 6.07 Å². The Kier molecular flexibility index (Phi) is 4.97. The summed E-state index contributed by atoms with van der Waals surface area (Å²) >= 11 is 0. The molecular formula is C19H12F5N3O. The number of nitrogens with zero attached hydrogens (tertiary/aromatic N) is 3. The molecule has 1 aliphatic heterocycles. The number of hydrogen-bond acceptors (Lipinski definition) is 4. The third kappa shape index (κ3) is 3.14. The molecule has 0 radical (unpaired) electrons. The number of benzene rings is 2. The minimum atomic E-state index is -4.96. The molecule has 4 nitrogen and oxygen atoms in total. The predicted molar refractivity (Wildman–Crippen MR) is 88.6 cm³/mol. The molecule has 0 bridgehead atoms. The van der Waals surface area contributed by atoms with Crippen LogP contribution in [0.4, 0.5) is 33.3 Å². The van der Waals surface area contributed by atoms with Crippen LogP contribution < -0.4 is 4.90 Å². The lowest BCUT2D eigenvalue weighted by atomic mass is 9.93. The number of nitriles is 2. The van der Waals surface area contributed by atoms with Gasteiger partial charge in [-0.15, -0.1) is 0 Å². The highest BCUT2D eigenvalue weighted by molar-refractivity contribution is 5.78. The Morgan fingerprint density at radius 2 is 1.86 bits per heavy atom. The second-order valence-electron chi connectivity index (χ2n) is 6.10. The third-order valence-electron chi connectivity index (χ3n) is 4.57. The van der Waals surface area contributed by atoms with Crippen molar-refractivity contribution >= 4 is 11.4 Å². The molecule has 0 N–H and O–H groups in total. The molecule has 3 rings (SSSR count). The van der Waals surface area contributed by atoms with E-state index in [0.29, 0.717) is 18.1 Å². The van der Waals surface area contributed by atoms with E-state index in [4.69, 9.17) is 4.74 Å². The van der Waals surface area contributed by atoms with Gasteiger partial charge in [-0.25, -0.2) is 8.78 Å². The van der Waals surface area contributed by atoms with Crippen LogP contribution in [0.5, 0.6) is 0 Å². The number of ether oxygens (including phenoxy) is 1. The van der Waals surface area contributed by atoms with E-state index in [-0.39, 0.29) is 23.5 Å². The minimum Gasteiger partial charge on any atom is -0.377 e. The first-order valence-corrected chi connectivity index (χ1v) is 8.06. The summed E-state index contributed by atoms with van der Waals surface area (Å²) < 4.78 is 72.6. The molecule has 2 aromatic carbocycles. The molecule has 0 aliphatic carbocycles. The van der Waals surface area contributed by atoms with E-state index >= 15 is 0 Å². The van der Waals surface area contributed by atoms with Gasteiger partial charge in [0.25, 0.3) is 0 Å². The number of rotatable bonds is 2. The largest absolute Gasteiger partial charge is 0.419 e. The Balaban J connectivity index is 2.27. The first kappa shape index (κ1) is 19.6. The van der Waals surface area contributed by atoms with Gasteiger partial charge in [-0.05, 0) is 30.7 Å². The van der Waals surface area contributed by atoms with E-state index in [1.54, 1.807) is 0 Å². The highest BCUT2D eigenvalue weighted by Crippen LogP contribution is 2.44. The molecule has 144 valence electrons. The van der Waals surface area contributed by atoms with E-state index in [9.17, 15) is 32.5 Å². The molecule has 1 unspecified atom stereocenters. The van der Waals surface area contributed by atoms with Gasteiger partial charge < -0.3 is 9.64 Å². The fraction of sp³-hybridized carbons (Fsp3) is 0.263. The van der Waals surface area contributed by atoms with Crippen molar-refractivity contribution in [2.24, 2.45) is 0 Å². The molecule has 1 atom stereocenters.